The van der Waals surface area contributed by atoms with Gasteiger partial charge in [-0.1, -0.05) is 39.0 Å². The maximum Gasteiger partial charge on any atom is 0.338 e. The van der Waals surface area contributed by atoms with Gasteiger partial charge in [0.25, 0.3) is 0 Å². The van der Waals surface area contributed by atoms with Crippen molar-refractivity contribution in [1.82, 2.24) is 4.90 Å². The Balaban J connectivity index is 2.12. The van der Waals surface area contributed by atoms with Gasteiger partial charge >= 0.3 is 11.9 Å². The summed E-state index contributed by atoms with van der Waals surface area (Å²) in [7, 11) is 5.24. The fourth-order valence-corrected chi connectivity index (χ4v) is 6.99. The molecule has 0 saturated carbocycles. The quantitative estimate of drug-likeness (QED) is 0.323. The van der Waals surface area contributed by atoms with Crippen LogP contribution in [0.15, 0.2) is 42.0 Å². The number of ether oxygens (including phenoxy) is 5. The number of carbonyl (C=O) groups is 4. The number of ketones is 2. The lowest BCUT2D eigenvalue weighted by molar-refractivity contribution is -0.294. The molecule has 2 aliphatic rings. The fraction of sp³-hybridized carbons (Fsp3) is 0.676. The standard InChI is InChI=1S/C37H55NO10/c1-12-28-36(7,43)19-21(2)29(39)22(3)20-37(8,44-11)32(24(5)30(40)25(6)33(41)46-28)48-35-31(27(38(9)10)18-23(4)45-35)47-34(42)26-16-14-13-15-17-26/h13-17,19,22-25,27-28,31-32,35,43H,12,18,20H2,1-11H3/b21-19-. The number of benzene rings is 1. The average Bonchev–Trinajstić information content (AvgIpc) is 3.04. The molecule has 3 rings (SSSR count). The molecule has 11 unspecified atom stereocenters. The molecular weight excluding hydrogens is 618 g/mol. The van der Waals surface area contributed by atoms with E-state index >= 15 is 0 Å². The summed E-state index contributed by atoms with van der Waals surface area (Å²) < 4.78 is 31.0. The number of methoxy groups -OCH3 is 1. The Hall–Kier alpha value is -2.96. The van der Waals surface area contributed by atoms with E-state index in [1.165, 1.54) is 27.0 Å². The van der Waals surface area contributed by atoms with E-state index < -0.39 is 71.3 Å². The lowest BCUT2D eigenvalue weighted by Crippen LogP contribution is -2.60. The van der Waals surface area contributed by atoms with Crippen LogP contribution in [0.3, 0.4) is 0 Å². The molecule has 1 fully saturated rings. The van der Waals surface area contributed by atoms with Crippen LogP contribution in [0.25, 0.3) is 0 Å². The van der Waals surface area contributed by atoms with Gasteiger partial charge in [0.15, 0.2) is 24.0 Å². The molecule has 0 aromatic heterocycles. The molecule has 11 atom stereocenters. The largest absolute Gasteiger partial charge is 0.458 e. The lowest BCUT2D eigenvalue weighted by atomic mass is 9.77. The van der Waals surface area contributed by atoms with E-state index in [1.54, 1.807) is 65.0 Å². The molecule has 2 heterocycles. The summed E-state index contributed by atoms with van der Waals surface area (Å²) in [6.07, 6.45) is -2.04. The number of aliphatic hydroxyl groups is 1. The first kappa shape index (κ1) is 39.5. The second-order valence-corrected chi connectivity index (χ2v) is 14.2. The number of cyclic esters (lactones) is 1. The third kappa shape index (κ3) is 8.98. The Bertz CT molecular complexity index is 1330. The number of likely N-dealkylation sites (N-methyl/N-ethyl adjacent to an activating group) is 1. The van der Waals surface area contributed by atoms with Crippen molar-refractivity contribution in [2.45, 2.75) is 123 Å². The van der Waals surface area contributed by atoms with Crippen molar-refractivity contribution in [3.63, 3.8) is 0 Å². The van der Waals surface area contributed by atoms with E-state index in [0.717, 1.165) is 0 Å². The average molecular weight is 674 g/mol. The highest BCUT2D eigenvalue weighted by Gasteiger charge is 2.51. The van der Waals surface area contributed by atoms with Crippen LogP contribution in [0.4, 0.5) is 0 Å². The maximum absolute atomic E-state index is 14.1. The number of carbonyl (C=O) groups excluding carboxylic acids is 4. The van der Waals surface area contributed by atoms with Gasteiger partial charge in [0, 0.05) is 18.9 Å². The molecular formula is C37H55NO10. The molecule has 0 spiro atoms. The van der Waals surface area contributed by atoms with Gasteiger partial charge in [-0.3, -0.25) is 14.4 Å². The highest BCUT2D eigenvalue weighted by Crippen LogP contribution is 2.38. The van der Waals surface area contributed by atoms with E-state index in [-0.39, 0.29) is 30.8 Å². The Morgan fingerprint density at radius 2 is 1.69 bits per heavy atom. The van der Waals surface area contributed by atoms with Crippen molar-refractivity contribution in [2.24, 2.45) is 17.8 Å². The Kier molecular flexibility index (Phi) is 13.3. The van der Waals surface area contributed by atoms with E-state index in [0.29, 0.717) is 17.6 Å². The molecule has 1 N–H and O–H groups in total. The van der Waals surface area contributed by atoms with Crippen LogP contribution < -0.4 is 0 Å². The van der Waals surface area contributed by atoms with Gasteiger partial charge in [0.2, 0.25) is 0 Å². The summed E-state index contributed by atoms with van der Waals surface area (Å²) >= 11 is 0. The number of hydrogen-bond acceptors (Lipinski definition) is 11. The molecule has 1 aromatic carbocycles. The zero-order valence-corrected chi connectivity index (χ0v) is 30.4. The third-order valence-corrected chi connectivity index (χ3v) is 9.87. The summed E-state index contributed by atoms with van der Waals surface area (Å²) in [6, 6.07) is 8.31. The van der Waals surface area contributed by atoms with Crippen LogP contribution in [0.1, 0.15) is 85.0 Å². The van der Waals surface area contributed by atoms with Crippen molar-refractivity contribution >= 4 is 23.5 Å². The number of rotatable bonds is 7. The van der Waals surface area contributed by atoms with Crippen LogP contribution in [-0.4, -0.2) is 103 Å². The lowest BCUT2D eigenvalue weighted by Gasteiger charge is -2.47. The van der Waals surface area contributed by atoms with Crippen LogP contribution in [0.2, 0.25) is 0 Å². The number of Topliss-reactive ketones (excluding diaryl/α,β-unsaturated/α-hetero) is 2. The molecule has 11 nitrogen and oxygen atoms in total. The number of esters is 2. The molecule has 11 heteroatoms. The molecule has 2 aliphatic heterocycles. The van der Waals surface area contributed by atoms with Gasteiger partial charge < -0.3 is 33.7 Å². The summed E-state index contributed by atoms with van der Waals surface area (Å²) in [5.74, 6) is -4.87. The SMILES string of the molecule is CCC1OC(=O)C(C)C(=O)C(C)C(OC2OC(C)CC(N(C)C)C2OC(=O)c2ccccc2)C(C)(OC)CC(C)C(=O)/C(C)=C\C1(C)O. The van der Waals surface area contributed by atoms with Gasteiger partial charge in [-0.15, -0.1) is 0 Å². The predicted molar refractivity (Wildman–Crippen MR) is 179 cm³/mol. The molecule has 1 aromatic rings. The molecule has 0 bridgehead atoms. The Morgan fingerprint density at radius 3 is 2.25 bits per heavy atom. The van der Waals surface area contributed by atoms with Gasteiger partial charge in [-0.25, -0.2) is 4.79 Å². The van der Waals surface area contributed by atoms with Crippen molar-refractivity contribution in [1.29, 1.82) is 0 Å². The predicted octanol–water partition coefficient (Wildman–Crippen LogP) is 4.54. The molecule has 268 valence electrons. The second-order valence-electron chi connectivity index (χ2n) is 14.2. The Labute approximate surface area is 285 Å². The van der Waals surface area contributed by atoms with Crippen molar-refractivity contribution < 1.29 is 48.0 Å². The normalized spacial score (nSPS) is 38.5. The topological polar surface area (TPSA) is 138 Å². The van der Waals surface area contributed by atoms with Gasteiger partial charge in [-0.2, -0.15) is 0 Å². The monoisotopic (exact) mass is 673 g/mol. The van der Waals surface area contributed by atoms with Crippen molar-refractivity contribution in [2.75, 3.05) is 21.2 Å². The van der Waals surface area contributed by atoms with Crippen molar-refractivity contribution in [3.05, 3.63) is 47.5 Å². The molecule has 48 heavy (non-hydrogen) atoms. The zero-order valence-electron chi connectivity index (χ0n) is 30.4. The van der Waals surface area contributed by atoms with E-state index in [4.69, 9.17) is 23.7 Å². The van der Waals surface area contributed by atoms with Crippen LogP contribution in [0.5, 0.6) is 0 Å². The number of nitrogens with zero attached hydrogens (tertiary/aromatic N) is 1. The minimum absolute atomic E-state index is 0.127. The summed E-state index contributed by atoms with van der Waals surface area (Å²) in [5.41, 5.74) is -2.25. The summed E-state index contributed by atoms with van der Waals surface area (Å²) in [6.45, 7) is 13.4. The molecule has 0 amide bonds. The third-order valence-electron chi connectivity index (χ3n) is 9.87. The maximum atomic E-state index is 14.1. The zero-order chi connectivity index (χ0) is 36.1. The minimum Gasteiger partial charge on any atom is -0.458 e. The van der Waals surface area contributed by atoms with E-state index in [2.05, 4.69) is 0 Å². The van der Waals surface area contributed by atoms with Crippen LogP contribution >= 0.6 is 0 Å². The van der Waals surface area contributed by atoms with E-state index in [1.807, 2.05) is 25.9 Å². The Morgan fingerprint density at radius 1 is 1.06 bits per heavy atom. The summed E-state index contributed by atoms with van der Waals surface area (Å²) in [5, 5.41) is 11.3. The first-order chi connectivity index (χ1) is 22.4. The highest BCUT2D eigenvalue weighted by atomic mass is 16.7. The molecule has 1 saturated heterocycles. The van der Waals surface area contributed by atoms with E-state index in [9.17, 15) is 24.3 Å². The molecule has 0 radical (unpaired) electrons. The minimum atomic E-state index is -1.65. The highest BCUT2D eigenvalue weighted by molar-refractivity contribution is 6.00. The first-order valence-corrected chi connectivity index (χ1v) is 16.9. The molecule has 0 aliphatic carbocycles. The second kappa shape index (κ2) is 16.2. The first-order valence-electron chi connectivity index (χ1n) is 16.9. The van der Waals surface area contributed by atoms with Gasteiger partial charge in [0.1, 0.15) is 17.6 Å². The fourth-order valence-electron chi connectivity index (χ4n) is 6.99. The van der Waals surface area contributed by atoms with Crippen molar-refractivity contribution in [3.8, 4) is 0 Å². The smallest absolute Gasteiger partial charge is 0.338 e. The number of allylic oxidation sites excluding steroid dienone is 1. The number of hydrogen-bond donors (Lipinski definition) is 1. The van der Waals surface area contributed by atoms with Gasteiger partial charge in [-0.05, 0) is 91.8 Å². The summed E-state index contributed by atoms with van der Waals surface area (Å²) in [4.78, 5) is 56.5. The van der Waals surface area contributed by atoms with Crippen LogP contribution in [-0.2, 0) is 38.1 Å². The van der Waals surface area contributed by atoms with Crippen LogP contribution in [0, 0.1) is 17.8 Å². The van der Waals surface area contributed by atoms with Gasteiger partial charge in [0.05, 0.1) is 29.4 Å².